The van der Waals surface area contributed by atoms with Crippen molar-refractivity contribution in [1.29, 1.82) is 0 Å². The van der Waals surface area contributed by atoms with Crippen LogP contribution in [0.4, 0.5) is 0 Å². The highest BCUT2D eigenvalue weighted by molar-refractivity contribution is 5.94. The summed E-state index contributed by atoms with van der Waals surface area (Å²) in [5, 5.41) is 0. The minimum Gasteiger partial charge on any atom is -0.497 e. The molecule has 7 heteroatoms. The minimum absolute atomic E-state index is 0.0468. The van der Waals surface area contributed by atoms with Crippen LogP contribution in [0.5, 0.6) is 5.75 Å². The van der Waals surface area contributed by atoms with Gasteiger partial charge in [-0.05, 0) is 55.3 Å². The molecule has 1 aliphatic rings. The van der Waals surface area contributed by atoms with Crippen LogP contribution in [0.15, 0.2) is 61.2 Å². The number of rotatable bonds is 4. The number of hydrogen-bond acceptors (Lipinski definition) is 5. The number of fused-ring (bicyclic) bond motifs is 1. The highest BCUT2D eigenvalue weighted by atomic mass is 16.5. The highest BCUT2D eigenvalue weighted by Crippen LogP contribution is 2.33. The molecule has 0 atom stereocenters. The number of likely N-dealkylation sites (tertiary alicyclic amines) is 1. The van der Waals surface area contributed by atoms with Gasteiger partial charge in [0.15, 0.2) is 0 Å². The summed E-state index contributed by atoms with van der Waals surface area (Å²) in [5.74, 6) is 1.16. The molecule has 0 N–H and O–H groups in total. The van der Waals surface area contributed by atoms with Crippen LogP contribution in [0, 0.1) is 0 Å². The van der Waals surface area contributed by atoms with Crippen molar-refractivity contribution >= 4 is 16.9 Å². The van der Waals surface area contributed by atoms with Gasteiger partial charge in [0.2, 0.25) is 0 Å². The lowest BCUT2D eigenvalue weighted by molar-refractivity contribution is 0.0711. The van der Waals surface area contributed by atoms with Gasteiger partial charge in [-0.15, -0.1) is 0 Å². The normalized spacial score (nSPS) is 14.6. The second-order valence-electron chi connectivity index (χ2n) is 8.16. The molecule has 4 heterocycles. The maximum atomic E-state index is 12.8. The van der Waals surface area contributed by atoms with E-state index in [9.17, 15) is 4.79 Å². The van der Waals surface area contributed by atoms with E-state index in [4.69, 9.17) is 9.72 Å². The predicted molar refractivity (Wildman–Crippen MR) is 123 cm³/mol. The van der Waals surface area contributed by atoms with Crippen LogP contribution in [-0.2, 0) is 7.05 Å². The van der Waals surface area contributed by atoms with E-state index in [0.717, 1.165) is 46.6 Å². The van der Waals surface area contributed by atoms with Crippen LogP contribution in [0.25, 0.3) is 22.3 Å². The largest absolute Gasteiger partial charge is 0.497 e. The van der Waals surface area contributed by atoms with Crippen molar-refractivity contribution in [2.24, 2.45) is 7.05 Å². The molecule has 1 amide bonds. The first kappa shape index (κ1) is 20.2. The fraction of sp³-hybridized carbons (Fsp3) is 0.280. The van der Waals surface area contributed by atoms with Gasteiger partial charge in [0.1, 0.15) is 11.3 Å². The predicted octanol–water partition coefficient (Wildman–Crippen LogP) is 4.06. The maximum Gasteiger partial charge on any atom is 0.255 e. The molecule has 7 nitrogen and oxygen atoms in total. The SMILES string of the molecule is COc1ccc(-c2nc(C3CCN(C(=O)c4cccnc4)CC3)cc3c2ncn3C)cc1. The van der Waals surface area contributed by atoms with Crippen molar-refractivity contribution in [2.75, 3.05) is 20.2 Å². The second kappa shape index (κ2) is 8.42. The molecule has 0 bridgehead atoms. The Bertz CT molecular complexity index is 1240. The van der Waals surface area contributed by atoms with Crippen molar-refractivity contribution in [2.45, 2.75) is 18.8 Å². The molecule has 162 valence electrons. The first-order valence-electron chi connectivity index (χ1n) is 10.8. The number of piperidine rings is 1. The molecule has 32 heavy (non-hydrogen) atoms. The number of aromatic nitrogens is 4. The molecule has 5 rings (SSSR count). The van der Waals surface area contributed by atoms with E-state index >= 15 is 0 Å². The Kier molecular flexibility index (Phi) is 5.31. The Hall–Kier alpha value is -3.74. The number of aryl methyl sites for hydroxylation is 1. The van der Waals surface area contributed by atoms with Gasteiger partial charge >= 0.3 is 0 Å². The van der Waals surface area contributed by atoms with Gasteiger partial charge in [-0.3, -0.25) is 14.8 Å². The second-order valence-corrected chi connectivity index (χ2v) is 8.16. The minimum atomic E-state index is 0.0468. The van der Waals surface area contributed by atoms with Crippen LogP contribution < -0.4 is 4.74 Å². The first-order chi connectivity index (χ1) is 15.6. The van der Waals surface area contributed by atoms with E-state index in [0.29, 0.717) is 24.6 Å². The summed E-state index contributed by atoms with van der Waals surface area (Å²) >= 11 is 0. The van der Waals surface area contributed by atoms with E-state index in [-0.39, 0.29) is 5.91 Å². The maximum absolute atomic E-state index is 12.8. The monoisotopic (exact) mass is 427 g/mol. The third-order valence-corrected chi connectivity index (χ3v) is 6.20. The summed E-state index contributed by atoms with van der Waals surface area (Å²) in [6.07, 6.45) is 6.91. The lowest BCUT2D eigenvalue weighted by atomic mass is 9.92. The molecule has 4 aromatic rings. The van der Waals surface area contributed by atoms with E-state index in [1.807, 2.05) is 53.2 Å². The zero-order valence-corrected chi connectivity index (χ0v) is 18.2. The summed E-state index contributed by atoms with van der Waals surface area (Å²) in [7, 11) is 3.67. The van der Waals surface area contributed by atoms with E-state index in [1.54, 1.807) is 25.6 Å². The summed E-state index contributed by atoms with van der Waals surface area (Å²) in [6.45, 7) is 1.42. The van der Waals surface area contributed by atoms with Gasteiger partial charge in [-0.25, -0.2) is 4.98 Å². The van der Waals surface area contributed by atoms with Crippen molar-refractivity contribution < 1.29 is 9.53 Å². The number of ether oxygens (including phenoxy) is 1. The molecule has 1 aromatic carbocycles. The molecule has 0 saturated carbocycles. The average Bonchev–Trinajstić information content (AvgIpc) is 3.24. The van der Waals surface area contributed by atoms with Gasteiger partial charge < -0.3 is 14.2 Å². The Labute approximate surface area is 186 Å². The first-order valence-corrected chi connectivity index (χ1v) is 10.8. The molecule has 0 unspecified atom stereocenters. The van der Waals surface area contributed by atoms with Crippen molar-refractivity contribution in [1.82, 2.24) is 24.4 Å². The third-order valence-electron chi connectivity index (χ3n) is 6.20. The number of carbonyl (C=O) groups is 1. The Morgan fingerprint density at radius 1 is 1.12 bits per heavy atom. The number of benzene rings is 1. The summed E-state index contributed by atoms with van der Waals surface area (Å²) < 4.78 is 7.34. The molecule has 1 fully saturated rings. The Balaban J connectivity index is 1.42. The number of pyridine rings is 2. The van der Waals surface area contributed by atoms with E-state index < -0.39 is 0 Å². The quantitative estimate of drug-likeness (QED) is 0.491. The molecule has 0 radical (unpaired) electrons. The molecule has 1 saturated heterocycles. The van der Waals surface area contributed by atoms with Gasteiger partial charge in [0.25, 0.3) is 5.91 Å². The molecular weight excluding hydrogens is 402 g/mol. The number of nitrogens with zero attached hydrogens (tertiary/aromatic N) is 5. The molecule has 1 aliphatic heterocycles. The average molecular weight is 428 g/mol. The number of imidazole rings is 1. The molecule has 3 aromatic heterocycles. The fourth-order valence-electron chi connectivity index (χ4n) is 4.36. The van der Waals surface area contributed by atoms with Crippen molar-refractivity contribution in [3.8, 4) is 17.0 Å². The molecule has 0 aliphatic carbocycles. The summed E-state index contributed by atoms with van der Waals surface area (Å²) in [6, 6.07) is 13.7. The molecular formula is C25H25N5O2. The van der Waals surface area contributed by atoms with Gasteiger partial charge in [-0.1, -0.05) is 0 Å². The zero-order valence-electron chi connectivity index (χ0n) is 18.2. The smallest absolute Gasteiger partial charge is 0.255 e. The van der Waals surface area contributed by atoms with Crippen LogP contribution in [0.3, 0.4) is 0 Å². The lowest BCUT2D eigenvalue weighted by Gasteiger charge is -2.32. The van der Waals surface area contributed by atoms with Crippen LogP contribution in [-0.4, -0.2) is 50.5 Å². The van der Waals surface area contributed by atoms with E-state index in [1.165, 1.54) is 0 Å². The lowest BCUT2D eigenvalue weighted by Crippen LogP contribution is -2.38. The third kappa shape index (κ3) is 3.70. The van der Waals surface area contributed by atoms with Crippen molar-refractivity contribution in [3.63, 3.8) is 0 Å². The standard InChI is InChI=1S/C25H25N5O2/c1-29-16-27-24-22(29)14-21(28-23(24)18-5-7-20(32-2)8-6-18)17-9-12-30(13-10-17)25(31)19-4-3-11-26-15-19/h3-8,11,14-17H,9-10,12-13H2,1-2H3. The number of amides is 1. The Morgan fingerprint density at radius 3 is 2.59 bits per heavy atom. The number of methoxy groups -OCH3 is 1. The van der Waals surface area contributed by atoms with Crippen LogP contribution in [0.1, 0.15) is 34.8 Å². The Morgan fingerprint density at radius 2 is 1.91 bits per heavy atom. The number of hydrogen-bond donors (Lipinski definition) is 0. The number of carbonyl (C=O) groups excluding carboxylic acids is 1. The van der Waals surface area contributed by atoms with Gasteiger partial charge in [0, 0.05) is 49.7 Å². The van der Waals surface area contributed by atoms with Gasteiger partial charge in [0.05, 0.1) is 30.2 Å². The van der Waals surface area contributed by atoms with Crippen molar-refractivity contribution in [3.05, 3.63) is 72.4 Å². The highest BCUT2D eigenvalue weighted by Gasteiger charge is 2.26. The zero-order chi connectivity index (χ0) is 22.1. The van der Waals surface area contributed by atoms with E-state index in [2.05, 4.69) is 16.0 Å². The van der Waals surface area contributed by atoms with Crippen LogP contribution >= 0.6 is 0 Å². The van der Waals surface area contributed by atoms with Crippen LogP contribution in [0.2, 0.25) is 0 Å². The summed E-state index contributed by atoms with van der Waals surface area (Å²) in [4.78, 5) is 28.4. The molecule has 0 spiro atoms. The summed E-state index contributed by atoms with van der Waals surface area (Å²) in [5.41, 5.74) is 5.55. The fourth-order valence-corrected chi connectivity index (χ4v) is 4.36. The van der Waals surface area contributed by atoms with Gasteiger partial charge in [-0.2, -0.15) is 0 Å². The topological polar surface area (TPSA) is 73.1 Å².